The van der Waals surface area contributed by atoms with Gasteiger partial charge in [-0.15, -0.1) is 0 Å². The number of pyridine rings is 1. The smallest absolute Gasteiger partial charge is 0.162 e. The van der Waals surface area contributed by atoms with E-state index in [0.717, 1.165) is 31.7 Å². The summed E-state index contributed by atoms with van der Waals surface area (Å²) in [7, 11) is 0. The summed E-state index contributed by atoms with van der Waals surface area (Å²) in [6, 6.07) is 10.7. The van der Waals surface area contributed by atoms with Crippen molar-refractivity contribution < 1.29 is 8.78 Å². The van der Waals surface area contributed by atoms with Gasteiger partial charge in [-0.3, -0.25) is 4.90 Å². The average Bonchev–Trinajstić information content (AvgIpc) is 3.14. The second-order valence-corrected chi connectivity index (χ2v) is 7.77. The highest BCUT2D eigenvalue weighted by atomic mass is 19.2. The predicted octanol–water partition coefficient (Wildman–Crippen LogP) is 3.30. The molecular weight excluding hydrogens is 346 g/mol. The predicted molar refractivity (Wildman–Crippen MR) is 97.3 cm³/mol. The third-order valence-corrected chi connectivity index (χ3v) is 6.55. The molecule has 0 aliphatic carbocycles. The molecule has 5 heterocycles. The number of anilines is 1. The number of fused-ring (bicyclic) bond motifs is 2. The SMILES string of the molecule is N#Cc1ccc(N2C[C@H](c3cccc(F)c3F)[C@H]3[C@@H]2C2CCN3CC2)nc1. The number of aromatic nitrogens is 1. The Labute approximate surface area is 157 Å². The van der Waals surface area contributed by atoms with E-state index in [1.165, 1.54) is 6.07 Å². The quantitative estimate of drug-likeness (QED) is 0.818. The number of hydrogen-bond donors (Lipinski definition) is 0. The van der Waals surface area contributed by atoms with E-state index in [-0.39, 0.29) is 18.0 Å². The van der Waals surface area contributed by atoms with Gasteiger partial charge in [0.25, 0.3) is 0 Å². The highest BCUT2D eigenvalue weighted by Crippen LogP contribution is 2.48. The fourth-order valence-corrected chi connectivity index (χ4v) is 5.38. The maximum absolute atomic E-state index is 14.6. The van der Waals surface area contributed by atoms with Crippen molar-refractivity contribution in [1.29, 1.82) is 5.26 Å². The molecule has 2 bridgehead atoms. The first-order chi connectivity index (χ1) is 13.2. The lowest BCUT2D eigenvalue weighted by Gasteiger charge is -2.51. The summed E-state index contributed by atoms with van der Waals surface area (Å²) in [5.74, 6) is -0.240. The van der Waals surface area contributed by atoms with Crippen LogP contribution in [-0.4, -0.2) is 41.6 Å². The molecule has 0 N–H and O–H groups in total. The van der Waals surface area contributed by atoms with Crippen molar-refractivity contribution in [2.75, 3.05) is 24.5 Å². The summed E-state index contributed by atoms with van der Waals surface area (Å²) >= 11 is 0. The largest absolute Gasteiger partial charge is 0.351 e. The monoisotopic (exact) mass is 366 g/mol. The van der Waals surface area contributed by atoms with Gasteiger partial charge in [-0.05, 0) is 55.6 Å². The van der Waals surface area contributed by atoms with Crippen LogP contribution in [0.1, 0.15) is 29.9 Å². The van der Waals surface area contributed by atoms with Crippen LogP contribution in [0.4, 0.5) is 14.6 Å². The number of halogens is 2. The zero-order chi connectivity index (χ0) is 18.5. The summed E-state index contributed by atoms with van der Waals surface area (Å²) in [5, 5.41) is 9.03. The first kappa shape index (κ1) is 16.6. The van der Waals surface area contributed by atoms with Crippen LogP contribution in [0.15, 0.2) is 36.5 Å². The Morgan fingerprint density at radius 2 is 1.89 bits per heavy atom. The molecule has 0 amide bonds. The van der Waals surface area contributed by atoms with Gasteiger partial charge in [0.2, 0.25) is 0 Å². The van der Waals surface area contributed by atoms with Crippen LogP contribution < -0.4 is 4.90 Å². The third kappa shape index (κ3) is 2.53. The number of piperidine rings is 3. The number of benzene rings is 1. The molecule has 4 aliphatic heterocycles. The lowest BCUT2D eigenvalue weighted by molar-refractivity contribution is 0.0350. The minimum absolute atomic E-state index is 0.0914. The molecule has 2 aromatic rings. The van der Waals surface area contributed by atoms with Crippen molar-refractivity contribution in [3.8, 4) is 6.07 Å². The van der Waals surface area contributed by atoms with Crippen molar-refractivity contribution in [2.45, 2.75) is 30.8 Å². The fourth-order valence-electron chi connectivity index (χ4n) is 5.38. The van der Waals surface area contributed by atoms with Gasteiger partial charge >= 0.3 is 0 Å². The van der Waals surface area contributed by atoms with E-state index < -0.39 is 11.6 Å². The number of nitriles is 1. The first-order valence-corrected chi connectivity index (χ1v) is 9.48. The Balaban J connectivity index is 1.57. The van der Waals surface area contributed by atoms with Crippen molar-refractivity contribution in [3.63, 3.8) is 0 Å². The van der Waals surface area contributed by atoms with Gasteiger partial charge in [-0.1, -0.05) is 12.1 Å². The van der Waals surface area contributed by atoms with Gasteiger partial charge in [-0.2, -0.15) is 5.26 Å². The second-order valence-electron chi connectivity index (χ2n) is 7.77. The van der Waals surface area contributed by atoms with Crippen molar-refractivity contribution in [1.82, 2.24) is 9.88 Å². The molecule has 4 saturated heterocycles. The summed E-state index contributed by atoms with van der Waals surface area (Å²) < 4.78 is 28.5. The number of hydrogen-bond acceptors (Lipinski definition) is 4. The van der Waals surface area contributed by atoms with Crippen molar-refractivity contribution in [3.05, 3.63) is 59.3 Å². The summed E-state index contributed by atoms with van der Waals surface area (Å²) in [5.41, 5.74) is 0.991. The summed E-state index contributed by atoms with van der Waals surface area (Å²) in [4.78, 5) is 9.20. The van der Waals surface area contributed by atoms with E-state index in [4.69, 9.17) is 5.26 Å². The zero-order valence-corrected chi connectivity index (χ0v) is 14.9. The summed E-state index contributed by atoms with van der Waals surface area (Å²) in [6.07, 6.45) is 3.85. The maximum atomic E-state index is 14.6. The second kappa shape index (κ2) is 6.28. The van der Waals surface area contributed by atoms with Crippen LogP contribution in [0.25, 0.3) is 0 Å². The van der Waals surface area contributed by atoms with Crippen LogP contribution in [0.2, 0.25) is 0 Å². The highest BCUT2D eigenvalue weighted by Gasteiger charge is 2.54. The molecule has 4 aliphatic rings. The highest BCUT2D eigenvalue weighted by molar-refractivity contribution is 5.48. The molecule has 4 fully saturated rings. The van der Waals surface area contributed by atoms with E-state index in [2.05, 4.69) is 20.9 Å². The van der Waals surface area contributed by atoms with Crippen LogP contribution in [0, 0.1) is 28.9 Å². The molecule has 0 saturated carbocycles. The van der Waals surface area contributed by atoms with E-state index >= 15 is 0 Å². The molecule has 1 aromatic heterocycles. The molecule has 6 heteroatoms. The third-order valence-electron chi connectivity index (χ3n) is 6.55. The molecule has 27 heavy (non-hydrogen) atoms. The Morgan fingerprint density at radius 1 is 1.07 bits per heavy atom. The first-order valence-electron chi connectivity index (χ1n) is 9.48. The number of nitrogens with zero attached hydrogens (tertiary/aromatic N) is 4. The maximum Gasteiger partial charge on any atom is 0.162 e. The lowest BCUT2D eigenvalue weighted by Crippen LogP contribution is -2.60. The van der Waals surface area contributed by atoms with E-state index in [1.807, 2.05) is 6.07 Å². The molecular formula is C21H20F2N4. The normalized spacial score (nSPS) is 31.6. The van der Waals surface area contributed by atoms with Crippen molar-refractivity contribution in [2.24, 2.45) is 5.92 Å². The molecule has 4 nitrogen and oxygen atoms in total. The van der Waals surface area contributed by atoms with Crippen LogP contribution in [-0.2, 0) is 0 Å². The lowest BCUT2D eigenvalue weighted by atomic mass is 9.75. The fraction of sp³-hybridized carbons (Fsp3) is 0.429. The van der Waals surface area contributed by atoms with Crippen LogP contribution >= 0.6 is 0 Å². The van der Waals surface area contributed by atoms with Gasteiger partial charge in [0, 0.05) is 30.7 Å². The molecule has 1 aromatic carbocycles. The molecule has 6 rings (SSSR count). The van der Waals surface area contributed by atoms with Gasteiger partial charge in [0.05, 0.1) is 5.56 Å². The Morgan fingerprint density at radius 3 is 2.59 bits per heavy atom. The number of rotatable bonds is 2. The minimum atomic E-state index is -0.782. The van der Waals surface area contributed by atoms with E-state index in [9.17, 15) is 8.78 Å². The van der Waals surface area contributed by atoms with E-state index in [1.54, 1.807) is 24.4 Å². The Kier molecular flexibility index (Phi) is 3.87. The molecule has 138 valence electrons. The van der Waals surface area contributed by atoms with Gasteiger partial charge < -0.3 is 4.90 Å². The van der Waals surface area contributed by atoms with Crippen LogP contribution in [0.5, 0.6) is 0 Å². The Hall–Kier alpha value is -2.52. The zero-order valence-electron chi connectivity index (χ0n) is 14.9. The van der Waals surface area contributed by atoms with Gasteiger partial charge in [-0.25, -0.2) is 13.8 Å². The van der Waals surface area contributed by atoms with Gasteiger partial charge in [0.15, 0.2) is 11.6 Å². The summed E-state index contributed by atoms with van der Waals surface area (Å²) in [6.45, 7) is 2.66. The standard InChI is InChI=1S/C21H20F2N4/c22-17-3-1-2-15(19(17)23)16-12-27(18-5-4-13(10-24)11-25-18)20-14-6-8-26(9-7-14)21(16)20/h1-5,11,14,16,20-21H,6-9,12H2/t16-,20+,21+/m1/s1. The topological polar surface area (TPSA) is 43.2 Å². The molecule has 0 spiro atoms. The molecule has 0 unspecified atom stereocenters. The molecule has 0 radical (unpaired) electrons. The molecule has 3 atom stereocenters. The minimum Gasteiger partial charge on any atom is -0.351 e. The van der Waals surface area contributed by atoms with E-state index in [0.29, 0.717) is 23.6 Å². The van der Waals surface area contributed by atoms with Crippen LogP contribution in [0.3, 0.4) is 0 Å². The van der Waals surface area contributed by atoms with Gasteiger partial charge in [0.1, 0.15) is 11.9 Å². The van der Waals surface area contributed by atoms with Crippen molar-refractivity contribution >= 4 is 5.82 Å². The average molecular weight is 366 g/mol. The Bertz CT molecular complexity index is 899.